The number of aliphatic hydroxyl groups excluding tert-OH is 1. The van der Waals surface area contributed by atoms with Gasteiger partial charge in [-0.1, -0.05) is 5.16 Å². The lowest BCUT2D eigenvalue weighted by Gasteiger charge is -2.41. The third-order valence-corrected chi connectivity index (χ3v) is 5.55. The summed E-state index contributed by atoms with van der Waals surface area (Å²) in [6.07, 6.45) is -5.20. The minimum absolute atomic E-state index is 0.0346. The van der Waals surface area contributed by atoms with Crippen LogP contribution < -0.4 is 0 Å². The molecule has 0 saturated carbocycles. The number of aliphatic hydroxyl groups is 1. The lowest BCUT2D eigenvalue weighted by Crippen LogP contribution is -2.58. The number of carbonyl (C=O) groups excluding carboxylic acids is 1. The number of halogens is 4. The Balaban J connectivity index is 1.64. The summed E-state index contributed by atoms with van der Waals surface area (Å²) in [7, 11) is 0. The maximum absolute atomic E-state index is 14.1. The van der Waals surface area contributed by atoms with Crippen molar-refractivity contribution in [1.29, 1.82) is 0 Å². The van der Waals surface area contributed by atoms with Gasteiger partial charge in [-0.2, -0.15) is 18.2 Å². The molecule has 1 amide bonds. The summed E-state index contributed by atoms with van der Waals surface area (Å²) >= 11 is 0. The Morgan fingerprint density at radius 3 is 2.48 bits per heavy atom. The van der Waals surface area contributed by atoms with Crippen LogP contribution in [0.15, 0.2) is 28.8 Å². The molecule has 0 spiro atoms. The quantitative estimate of drug-likeness (QED) is 0.768. The molecule has 7 nitrogen and oxygen atoms in total. The van der Waals surface area contributed by atoms with Gasteiger partial charge >= 0.3 is 6.18 Å². The van der Waals surface area contributed by atoms with Gasteiger partial charge in [0.05, 0.1) is 19.8 Å². The van der Waals surface area contributed by atoms with Gasteiger partial charge in [0.1, 0.15) is 11.2 Å². The molecule has 0 bridgehead atoms. The zero-order valence-corrected chi connectivity index (χ0v) is 15.1. The monoisotopic (exact) mass is 415 g/mol. The van der Waals surface area contributed by atoms with Gasteiger partial charge < -0.3 is 19.3 Å². The molecule has 1 unspecified atom stereocenters. The van der Waals surface area contributed by atoms with Gasteiger partial charge in [0.25, 0.3) is 0 Å². The van der Waals surface area contributed by atoms with Crippen LogP contribution in [0.3, 0.4) is 0 Å². The van der Waals surface area contributed by atoms with E-state index in [4.69, 9.17) is 9.26 Å². The molecule has 11 heteroatoms. The highest BCUT2D eigenvalue weighted by molar-refractivity contribution is 5.84. The van der Waals surface area contributed by atoms with Gasteiger partial charge in [0, 0.05) is 18.7 Å². The van der Waals surface area contributed by atoms with Crippen LogP contribution in [0, 0.1) is 11.2 Å². The fourth-order valence-electron chi connectivity index (χ4n) is 3.61. The highest BCUT2D eigenvalue weighted by Gasteiger charge is 2.64. The van der Waals surface area contributed by atoms with Crippen LogP contribution in [0.5, 0.6) is 0 Å². The Morgan fingerprint density at radius 1 is 1.24 bits per heavy atom. The van der Waals surface area contributed by atoms with Gasteiger partial charge in [-0.3, -0.25) is 4.79 Å². The molecule has 156 valence electrons. The van der Waals surface area contributed by atoms with E-state index in [0.29, 0.717) is 5.56 Å². The fraction of sp³-hybridized carbons (Fsp3) is 0.500. The van der Waals surface area contributed by atoms with E-state index in [2.05, 4.69) is 10.1 Å². The maximum atomic E-state index is 14.1. The van der Waals surface area contributed by atoms with E-state index in [0.717, 1.165) is 17.0 Å². The molecule has 0 aliphatic carbocycles. The fourth-order valence-corrected chi connectivity index (χ4v) is 3.61. The molecular formula is C18H17F4N3O4. The van der Waals surface area contributed by atoms with Crippen molar-refractivity contribution < 1.29 is 36.7 Å². The number of benzene rings is 1. The van der Waals surface area contributed by atoms with Crippen molar-refractivity contribution in [2.45, 2.75) is 18.0 Å². The highest BCUT2D eigenvalue weighted by Crippen LogP contribution is 2.48. The van der Waals surface area contributed by atoms with Crippen molar-refractivity contribution >= 4 is 5.91 Å². The highest BCUT2D eigenvalue weighted by atomic mass is 19.4. The summed E-state index contributed by atoms with van der Waals surface area (Å²) in [5, 5.41) is 13.1. The first-order valence-corrected chi connectivity index (χ1v) is 8.86. The van der Waals surface area contributed by atoms with Crippen LogP contribution in [0.4, 0.5) is 17.6 Å². The molecule has 0 radical (unpaired) electrons. The van der Waals surface area contributed by atoms with Gasteiger partial charge in [0.15, 0.2) is 5.41 Å². The van der Waals surface area contributed by atoms with Crippen LogP contribution in [0.25, 0.3) is 11.4 Å². The largest absolute Gasteiger partial charge is 0.405 e. The molecular weight excluding hydrogens is 398 g/mol. The number of nitrogens with zero attached hydrogens (tertiary/aromatic N) is 3. The van der Waals surface area contributed by atoms with Gasteiger partial charge in [-0.25, -0.2) is 4.39 Å². The van der Waals surface area contributed by atoms with Crippen molar-refractivity contribution in [2.75, 3.05) is 32.9 Å². The summed E-state index contributed by atoms with van der Waals surface area (Å²) in [5.74, 6) is -1.85. The van der Waals surface area contributed by atoms with E-state index in [1.807, 2.05) is 0 Å². The van der Waals surface area contributed by atoms with E-state index in [-0.39, 0.29) is 25.6 Å². The van der Waals surface area contributed by atoms with Crippen LogP contribution in [0.2, 0.25) is 0 Å². The third-order valence-electron chi connectivity index (χ3n) is 5.55. The number of likely N-dealkylation sites (tertiary alicyclic amines) is 1. The van der Waals surface area contributed by atoms with E-state index in [1.165, 1.54) is 12.1 Å². The zero-order chi connectivity index (χ0) is 20.9. The maximum Gasteiger partial charge on any atom is 0.405 e. The standard InChI is InChI=1S/C18H17F4N3O4/c19-12-3-1-11(2-4-12)13-23-14(29-24-13)17(18(20,21)22)5-6-25(7-17)15(27)16(8-26)9-28-10-16/h1-4,26H,5-10H2. The van der Waals surface area contributed by atoms with Crippen molar-refractivity contribution in [2.24, 2.45) is 5.41 Å². The van der Waals surface area contributed by atoms with Crippen molar-refractivity contribution in [3.8, 4) is 11.4 Å². The van der Waals surface area contributed by atoms with Gasteiger partial charge in [-0.15, -0.1) is 0 Å². The molecule has 2 fully saturated rings. The van der Waals surface area contributed by atoms with E-state index in [9.17, 15) is 27.5 Å². The van der Waals surface area contributed by atoms with Gasteiger partial charge in [0.2, 0.25) is 17.6 Å². The van der Waals surface area contributed by atoms with E-state index in [1.54, 1.807) is 0 Å². The Kier molecular flexibility index (Phi) is 4.61. The summed E-state index contributed by atoms with van der Waals surface area (Å²) in [6.45, 7) is -1.44. The van der Waals surface area contributed by atoms with E-state index < -0.39 is 54.2 Å². The second-order valence-corrected chi connectivity index (χ2v) is 7.42. The smallest absolute Gasteiger partial charge is 0.395 e. The second kappa shape index (κ2) is 6.77. The summed E-state index contributed by atoms with van der Waals surface area (Å²) in [4.78, 5) is 17.7. The zero-order valence-electron chi connectivity index (χ0n) is 15.1. The number of aromatic nitrogens is 2. The Labute approximate surface area is 162 Å². The van der Waals surface area contributed by atoms with Crippen molar-refractivity contribution in [3.05, 3.63) is 36.0 Å². The van der Waals surface area contributed by atoms with Crippen molar-refractivity contribution in [1.82, 2.24) is 15.0 Å². The number of rotatable bonds is 4. The molecule has 2 saturated heterocycles. The number of ether oxygens (including phenoxy) is 1. The molecule has 1 N–H and O–H groups in total. The average molecular weight is 415 g/mol. The van der Waals surface area contributed by atoms with Gasteiger partial charge in [-0.05, 0) is 30.7 Å². The molecule has 1 aromatic heterocycles. The normalized spacial score (nSPS) is 23.8. The number of amides is 1. The predicted molar refractivity (Wildman–Crippen MR) is 89.0 cm³/mol. The Morgan fingerprint density at radius 2 is 1.93 bits per heavy atom. The number of alkyl halides is 3. The molecule has 1 aromatic carbocycles. The lowest BCUT2D eigenvalue weighted by molar-refractivity contribution is -0.197. The Bertz CT molecular complexity index is 905. The molecule has 29 heavy (non-hydrogen) atoms. The minimum Gasteiger partial charge on any atom is -0.395 e. The first-order chi connectivity index (χ1) is 13.7. The van der Waals surface area contributed by atoms with E-state index >= 15 is 0 Å². The van der Waals surface area contributed by atoms with Crippen LogP contribution in [0.1, 0.15) is 12.3 Å². The average Bonchev–Trinajstić information content (AvgIpc) is 3.29. The number of hydrogen-bond acceptors (Lipinski definition) is 6. The first kappa shape index (κ1) is 19.8. The second-order valence-electron chi connectivity index (χ2n) is 7.42. The molecule has 3 heterocycles. The molecule has 4 rings (SSSR count). The molecule has 2 aromatic rings. The van der Waals surface area contributed by atoms with Crippen LogP contribution >= 0.6 is 0 Å². The van der Waals surface area contributed by atoms with Crippen LogP contribution in [-0.4, -0.2) is 65.1 Å². The molecule has 1 atom stereocenters. The molecule has 2 aliphatic heterocycles. The summed E-state index contributed by atoms with van der Waals surface area (Å²) < 4.78 is 65.3. The Hall–Kier alpha value is -2.53. The van der Waals surface area contributed by atoms with Crippen LogP contribution in [-0.2, 0) is 14.9 Å². The third kappa shape index (κ3) is 3.08. The van der Waals surface area contributed by atoms with Crippen molar-refractivity contribution in [3.63, 3.8) is 0 Å². The predicted octanol–water partition coefficient (Wildman–Crippen LogP) is 1.92. The summed E-state index contributed by atoms with van der Waals surface area (Å²) in [6, 6.07) is 4.93. The number of hydrogen-bond donors (Lipinski definition) is 1. The summed E-state index contributed by atoms with van der Waals surface area (Å²) in [5.41, 5.74) is -3.42. The topological polar surface area (TPSA) is 88.7 Å². The first-order valence-electron chi connectivity index (χ1n) is 8.86. The number of carbonyl (C=O) groups is 1. The molecule has 2 aliphatic rings. The lowest BCUT2D eigenvalue weighted by atomic mass is 9.84. The SMILES string of the molecule is O=C(N1CCC(c2nc(-c3ccc(F)cc3)no2)(C(F)(F)F)C1)C1(CO)COC1. The minimum atomic E-state index is -4.75.